The quantitative estimate of drug-likeness (QED) is 0.863. The molecule has 2 aromatic rings. The maximum atomic E-state index is 13.4. The normalized spacial score (nSPS) is 10.4. The Morgan fingerprint density at radius 2 is 2.11 bits per heavy atom. The van der Waals surface area contributed by atoms with Crippen LogP contribution in [0.15, 0.2) is 46.1 Å². The minimum Gasteiger partial charge on any atom is -0.297 e. The van der Waals surface area contributed by atoms with Crippen molar-refractivity contribution in [3.05, 3.63) is 63.0 Å². The van der Waals surface area contributed by atoms with Gasteiger partial charge in [-0.05, 0) is 27.6 Å². The average molecular weight is 325 g/mol. The van der Waals surface area contributed by atoms with E-state index in [0.29, 0.717) is 5.56 Å². The molecule has 19 heavy (non-hydrogen) atoms. The zero-order valence-corrected chi connectivity index (χ0v) is 11.4. The fourth-order valence-electron chi connectivity index (χ4n) is 1.64. The number of hydrogen-bond acceptors (Lipinski definition) is 3. The molecule has 0 bridgehead atoms. The molecule has 1 heterocycles. The summed E-state index contributed by atoms with van der Waals surface area (Å²) < 4.78 is 14.9. The summed E-state index contributed by atoms with van der Waals surface area (Å²) in [6.45, 7) is -0.125. The lowest BCUT2D eigenvalue weighted by Crippen LogP contribution is -2.25. The number of nitrogens with zero attached hydrogens (tertiary/aromatic N) is 2. The van der Waals surface area contributed by atoms with Crippen LogP contribution >= 0.6 is 15.9 Å². The van der Waals surface area contributed by atoms with Gasteiger partial charge in [-0.2, -0.15) is 0 Å². The minimum atomic E-state index is -0.421. The van der Waals surface area contributed by atoms with Crippen molar-refractivity contribution in [2.24, 2.45) is 0 Å². The van der Waals surface area contributed by atoms with Crippen LogP contribution in [0.4, 0.5) is 4.39 Å². The van der Waals surface area contributed by atoms with Crippen LogP contribution in [0.5, 0.6) is 0 Å². The molecule has 4 nitrogen and oxygen atoms in total. The molecule has 0 unspecified atom stereocenters. The molecule has 6 heteroatoms. The Kier molecular flexibility index (Phi) is 4.21. The maximum Gasteiger partial charge on any atom is 0.268 e. The zero-order valence-electron chi connectivity index (χ0n) is 9.85. The molecule has 0 amide bonds. The van der Waals surface area contributed by atoms with Crippen molar-refractivity contribution >= 4 is 21.7 Å². The number of carbonyl (C=O) groups is 1. The van der Waals surface area contributed by atoms with E-state index in [-0.39, 0.29) is 28.8 Å². The molecule has 0 saturated heterocycles. The Bertz CT molecular complexity index is 670. The van der Waals surface area contributed by atoms with Crippen LogP contribution in [0, 0.1) is 5.82 Å². The predicted octanol–water partition coefficient (Wildman–Crippen LogP) is 1.96. The van der Waals surface area contributed by atoms with Gasteiger partial charge in [-0.25, -0.2) is 9.37 Å². The summed E-state index contributed by atoms with van der Waals surface area (Å²) in [5.74, 6) is -0.678. The van der Waals surface area contributed by atoms with E-state index in [0.717, 1.165) is 0 Å². The van der Waals surface area contributed by atoms with Crippen LogP contribution in [0.3, 0.4) is 0 Å². The van der Waals surface area contributed by atoms with Gasteiger partial charge in [-0.1, -0.05) is 18.2 Å². The standard InChI is InChI=1S/C13H10BrFN2O2/c14-11-6-16-8-17(13(11)19)7-10(18)5-9-3-1-2-4-12(9)15/h1-4,6,8H,5,7H2. The highest BCUT2D eigenvalue weighted by molar-refractivity contribution is 9.10. The van der Waals surface area contributed by atoms with E-state index in [2.05, 4.69) is 20.9 Å². The molecule has 0 aliphatic heterocycles. The van der Waals surface area contributed by atoms with Crippen molar-refractivity contribution in [2.45, 2.75) is 13.0 Å². The zero-order chi connectivity index (χ0) is 13.8. The van der Waals surface area contributed by atoms with Gasteiger partial charge in [-0.3, -0.25) is 14.2 Å². The molecule has 0 aliphatic carbocycles. The van der Waals surface area contributed by atoms with E-state index in [1.54, 1.807) is 18.2 Å². The predicted molar refractivity (Wildman–Crippen MR) is 71.3 cm³/mol. The number of carbonyl (C=O) groups excluding carboxylic acids is 1. The van der Waals surface area contributed by atoms with E-state index in [9.17, 15) is 14.0 Å². The molecule has 0 N–H and O–H groups in total. The molecular weight excluding hydrogens is 315 g/mol. The Hall–Kier alpha value is -1.82. The number of aromatic nitrogens is 2. The molecule has 0 atom stereocenters. The van der Waals surface area contributed by atoms with E-state index in [1.165, 1.54) is 23.2 Å². The molecule has 0 spiro atoms. The highest BCUT2D eigenvalue weighted by Gasteiger charge is 2.10. The van der Waals surface area contributed by atoms with E-state index in [4.69, 9.17) is 0 Å². The highest BCUT2D eigenvalue weighted by Crippen LogP contribution is 2.08. The number of hydrogen-bond donors (Lipinski definition) is 0. The fourth-order valence-corrected chi connectivity index (χ4v) is 1.98. The molecular formula is C13H10BrFN2O2. The number of ketones is 1. The Morgan fingerprint density at radius 3 is 2.84 bits per heavy atom. The molecule has 2 rings (SSSR count). The van der Waals surface area contributed by atoms with Crippen molar-refractivity contribution in [2.75, 3.05) is 0 Å². The van der Waals surface area contributed by atoms with Crippen molar-refractivity contribution in [3.8, 4) is 0 Å². The van der Waals surface area contributed by atoms with Gasteiger partial charge in [0.25, 0.3) is 5.56 Å². The Morgan fingerprint density at radius 1 is 1.37 bits per heavy atom. The highest BCUT2D eigenvalue weighted by atomic mass is 79.9. The summed E-state index contributed by atoms with van der Waals surface area (Å²) in [4.78, 5) is 27.3. The number of halogens is 2. The Labute approximate surface area is 117 Å². The van der Waals surface area contributed by atoms with Gasteiger partial charge in [0, 0.05) is 12.6 Å². The second kappa shape index (κ2) is 5.88. The first kappa shape index (κ1) is 13.6. The lowest BCUT2D eigenvalue weighted by Gasteiger charge is -2.05. The Balaban J connectivity index is 2.12. The van der Waals surface area contributed by atoms with Gasteiger partial charge in [0.2, 0.25) is 0 Å². The summed E-state index contributed by atoms with van der Waals surface area (Å²) in [5.41, 5.74) is -0.0135. The molecule has 0 fully saturated rings. The van der Waals surface area contributed by atoms with Gasteiger partial charge in [-0.15, -0.1) is 0 Å². The van der Waals surface area contributed by atoms with Gasteiger partial charge in [0.1, 0.15) is 10.3 Å². The molecule has 1 aromatic heterocycles. The second-order valence-corrected chi connectivity index (χ2v) is 4.84. The SMILES string of the molecule is O=C(Cc1ccccc1F)Cn1cncc(Br)c1=O. The third-order valence-electron chi connectivity index (χ3n) is 2.55. The first-order valence-electron chi connectivity index (χ1n) is 5.53. The van der Waals surface area contributed by atoms with Gasteiger partial charge >= 0.3 is 0 Å². The topological polar surface area (TPSA) is 52.0 Å². The average Bonchev–Trinajstić information content (AvgIpc) is 2.38. The summed E-state index contributed by atoms with van der Waals surface area (Å²) >= 11 is 3.05. The lowest BCUT2D eigenvalue weighted by molar-refractivity contribution is -0.119. The largest absolute Gasteiger partial charge is 0.297 e. The number of rotatable bonds is 4. The summed E-state index contributed by atoms with van der Waals surface area (Å²) in [6, 6.07) is 6.08. The van der Waals surface area contributed by atoms with E-state index in [1.807, 2.05) is 0 Å². The molecule has 0 aliphatic rings. The van der Waals surface area contributed by atoms with Crippen LogP contribution in [0.1, 0.15) is 5.56 Å². The second-order valence-electron chi connectivity index (χ2n) is 3.98. The summed E-state index contributed by atoms with van der Waals surface area (Å²) in [7, 11) is 0. The molecule has 1 aromatic carbocycles. The fraction of sp³-hybridized carbons (Fsp3) is 0.154. The molecule has 0 radical (unpaired) electrons. The third kappa shape index (κ3) is 3.35. The molecule has 98 valence electrons. The summed E-state index contributed by atoms with van der Waals surface area (Å²) in [5, 5.41) is 0. The van der Waals surface area contributed by atoms with Crippen LogP contribution in [0.25, 0.3) is 0 Å². The summed E-state index contributed by atoms with van der Waals surface area (Å²) in [6.07, 6.45) is 2.60. The van der Waals surface area contributed by atoms with Crippen molar-refractivity contribution < 1.29 is 9.18 Å². The van der Waals surface area contributed by atoms with Gasteiger partial charge in [0.05, 0.1) is 12.9 Å². The maximum absolute atomic E-state index is 13.4. The van der Waals surface area contributed by atoms with Crippen molar-refractivity contribution in [1.82, 2.24) is 9.55 Å². The van der Waals surface area contributed by atoms with Crippen molar-refractivity contribution in [1.29, 1.82) is 0 Å². The minimum absolute atomic E-state index is 0.0500. The first-order chi connectivity index (χ1) is 9.08. The van der Waals surface area contributed by atoms with Gasteiger partial charge < -0.3 is 0 Å². The van der Waals surface area contributed by atoms with Gasteiger partial charge in [0.15, 0.2) is 5.78 Å². The molecule has 0 saturated carbocycles. The van der Waals surface area contributed by atoms with Crippen LogP contribution in [0.2, 0.25) is 0 Å². The monoisotopic (exact) mass is 324 g/mol. The van der Waals surface area contributed by atoms with Crippen LogP contribution < -0.4 is 5.56 Å². The smallest absolute Gasteiger partial charge is 0.268 e. The third-order valence-corrected chi connectivity index (χ3v) is 3.10. The lowest BCUT2D eigenvalue weighted by atomic mass is 10.1. The van der Waals surface area contributed by atoms with Crippen LogP contribution in [-0.2, 0) is 17.8 Å². The van der Waals surface area contributed by atoms with E-state index < -0.39 is 5.82 Å². The number of Topliss-reactive ketones (excluding diaryl/α,β-unsaturated/α-hetero) is 1. The van der Waals surface area contributed by atoms with Crippen LogP contribution in [-0.4, -0.2) is 15.3 Å². The first-order valence-corrected chi connectivity index (χ1v) is 6.32. The van der Waals surface area contributed by atoms with Crippen molar-refractivity contribution in [3.63, 3.8) is 0 Å². The van der Waals surface area contributed by atoms with E-state index >= 15 is 0 Å². The number of benzene rings is 1.